The van der Waals surface area contributed by atoms with Crippen LogP contribution in [0, 0.1) is 10.1 Å². The number of carbonyl (C=O) groups excluding carboxylic acids is 1. The number of amides is 1. The SMILES string of the molecule is Nc1c(C(=O)NC2CCS(=O)CC2)cccc1[N+](=O)[O-]. The molecule has 1 aromatic carbocycles. The quantitative estimate of drug-likeness (QED) is 0.487. The summed E-state index contributed by atoms with van der Waals surface area (Å²) in [6.45, 7) is 0. The zero-order chi connectivity index (χ0) is 14.7. The third-order valence-corrected chi connectivity index (χ3v) is 4.63. The van der Waals surface area contributed by atoms with Gasteiger partial charge in [0.05, 0.1) is 10.5 Å². The molecule has 1 saturated heterocycles. The first-order valence-electron chi connectivity index (χ1n) is 6.17. The van der Waals surface area contributed by atoms with Crippen LogP contribution in [0.15, 0.2) is 18.2 Å². The topological polar surface area (TPSA) is 115 Å². The minimum atomic E-state index is -0.800. The lowest BCUT2D eigenvalue weighted by Gasteiger charge is -2.22. The lowest BCUT2D eigenvalue weighted by Crippen LogP contribution is -2.39. The second-order valence-electron chi connectivity index (χ2n) is 4.59. The number of carbonyl (C=O) groups is 1. The Morgan fingerprint density at radius 3 is 2.65 bits per heavy atom. The summed E-state index contributed by atoms with van der Waals surface area (Å²) in [5.74, 6) is 0.703. The molecule has 1 fully saturated rings. The van der Waals surface area contributed by atoms with Crippen molar-refractivity contribution in [3.05, 3.63) is 33.9 Å². The largest absolute Gasteiger partial charge is 0.393 e. The van der Waals surface area contributed by atoms with Crippen molar-refractivity contribution in [1.82, 2.24) is 5.32 Å². The summed E-state index contributed by atoms with van der Waals surface area (Å²) >= 11 is 0. The minimum Gasteiger partial charge on any atom is -0.393 e. The van der Waals surface area contributed by atoms with Gasteiger partial charge in [-0.2, -0.15) is 0 Å². The highest BCUT2D eigenvalue weighted by atomic mass is 32.2. The number of anilines is 1. The average Bonchev–Trinajstić information content (AvgIpc) is 2.41. The zero-order valence-electron chi connectivity index (χ0n) is 10.7. The lowest BCUT2D eigenvalue weighted by atomic mass is 10.1. The highest BCUT2D eigenvalue weighted by molar-refractivity contribution is 7.85. The molecule has 1 amide bonds. The third kappa shape index (κ3) is 3.13. The molecule has 0 saturated carbocycles. The van der Waals surface area contributed by atoms with Crippen LogP contribution in [0.2, 0.25) is 0 Å². The molecule has 0 spiro atoms. The summed E-state index contributed by atoms with van der Waals surface area (Å²) in [4.78, 5) is 22.3. The van der Waals surface area contributed by atoms with Crippen LogP contribution in [0.4, 0.5) is 11.4 Å². The summed E-state index contributed by atoms with van der Waals surface area (Å²) in [6, 6.07) is 4.09. The first-order chi connectivity index (χ1) is 9.49. The molecule has 0 bridgehead atoms. The van der Waals surface area contributed by atoms with Gasteiger partial charge in [0, 0.05) is 34.4 Å². The van der Waals surface area contributed by atoms with Gasteiger partial charge in [0.15, 0.2) is 0 Å². The molecule has 108 valence electrons. The number of nitrogens with one attached hydrogen (secondary N) is 1. The number of nitrogens with zero attached hydrogens (tertiary/aromatic N) is 1. The van der Waals surface area contributed by atoms with Crippen LogP contribution in [0.5, 0.6) is 0 Å². The molecule has 0 aliphatic carbocycles. The van der Waals surface area contributed by atoms with Gasteiger partial charge in [-0.05, 0) is 18.9 Å². The van der Waals surface area contributed by atoms with E-state index in [1.807, 2.05) is 0 Å². The number of rotatable bonds is 3. The van der Waals surface area contributed by atoms with Crippen LogP contribution in [-0.2, 0) is 10.8 Å². The van der Waals surface area contributed by atoms with Crippen molar-refractivity contribution >= 4 is 28.1 Å². The highest BCUT2D eigenvalue weighted by Gasteiger charge is 2.23. The van der Waals surface area contributed by atoms with Crippen LogP contribution >= 0.6 is 0 Å². The number of hydrogen-bond donors (Lipinski definition) is 2. The molecule has 7 nitrogen and oxygen atoms in total. The first kappa shape index (κ1) is 14.4. The Balaban J connectivity index is 2.11. The number of nitro benzene ring substituents is 1. The second kappa shape index (κ2) is 6.00. The van der Waals surface area contributed by atoms with E-state index in [4.69, 9.17) is 5.73 Å². The summed E-state index contributed by atoms with van der Waals surface area (Å²) in [6.07, 6.45) is 1.29. The Kier molecular flexibility index (Phi) is 4.33. The fourth-order valence-corrected chi connectivity index (χ4v) is 3.41. The van der Waals surface area contributed by atoms with E-state index in [0.29, 0.717) is 24.3 Å². The smallest absolute Gasteiger partial charge is 0.292 e. The molecule has 1 heterocycles. The molecule has 1 aliphatic rings. The molecule has 3 N–H and O–H groups in total. The average molecular weight is 297 g/mol. The maximum atomic E-state index is 12.1. The van der Waals surface area contributed by atoms with E-state index in [1.165, 1.54) is 18.2 Å². The van der Waals surface area contributed by atoms with Gasteiger partial charge in [0.1, 0.15) is 5.69 Å². The van der Waals surface area contributed by atoms with Gasteiger partial charge in [-0.25, -0.2) is 0 Å². The van der Waals surface area contributed by atoms with E-state index in [2.05, 4.69) is 5.32 Å². The van der Waals surface area contributed by atoms with Crippen molar-refractivity contribution in [2.24, 2.45) is 0 Å². The molecule has 0 radical (unpaired) electrons. The molecule has 0 atom stereocenters. The number of nitrogen functional groups attached to an aromatic ring is 1. The number of para-hydroxylation sites is 1. The van der Waals surface area contributed by atoms with Crippen LogP contribution in [0.25, 0.3) is 0 Å². The van der Waals surface area contributed by atoms with Crippen molar-refractivity contribution in [3.8, 4) is 0 Å². The number of hydrogen-bond acceptors (Lipinski definition) is 5. The molecule has 0 unspecified atom stereocenters. The Morgan fingerprint density at radius 1 is 1.40 bits per heavy atom. The van der Waals surface area contributed by atoms with Crippen LogP contribution in [0.1, 0.15) is 23.2 Å². The van der Waals surface area contributed by atoms with E-state index in [1.54, 1.807) is 0 Å². The van der Waals surface area contributed by atoms with Gasteiger partial charge >= 0.3 is 0 Å². The first-order valence-corrected chi connectivity index (χ1v) is 7.66. The number of nitro groups is 1. The lowest BCUT2D eigenvalue weighted by molar-refractivity contribution is -0.383. The molecular weight excluding hydrogens is 282 g/mol. The van der Waals surface area contributed by atoms with Crippen LogP contribution in [0.3, 0.4) is 0 Å². The molecule has 20 heavy (non-hydrogen) atoms. The molecule has 0 aromatic heterocycles. The van der Waals surface area contributed by atoms with E-state index in [0.717, 1.165) is 0 Å². The van der Waals surface area contributed by atoms with Crippen LogP contribution in [-0.4, -0.2) is 32.6 Å². The van der Waals surface area contributed by atoms with Gasteiger partial charge in [-0.3, -0.25) is 19.1 Å². The van der Waals surface area contributed by atoms with Gasteiger partial charge < -0.3 is 11.1 Å². The summed E-state index contributed by atoms with van der Waals surface area (Å²) < 4.78 is 11.2. The van der Waals surface area contributed by atoms with Crippen molar-refractivity contribution in [3.63, 3.8) is 0 Å². The second-order valence-corrected chi connectivity index (χ2v) is 6.29. The fourth-order valence-electron chi connectivity index (χ4n) is 2.11. The molecule has 2 rings (SSSR count). The summed E-state index contributed by atoms with van der Waals surface area (Å²) in [7, 11) is -0.800. The summed E-state index contributed by atoms with van der Waals surface area (Å²) in [5.41, 5.74) is 5.36. The van der Waals surface area contributed by atoms with Crippen LogP contribution < -0.4 is 11.1 Å². The molecule has 1 aromatic rings. The zero-order valence-corrected chi connectivity index (χ0v) is 11.5. The van der Waals surface area contributed by atoms with Gasteiger partial charge in [0.25, 0.3) is 11.6 Å². The summed E-state index contributed by atoms with van der Waals surface area (Å²) in [5, 5.41) is 13.6. The molecular formula is C12H15N3O4S. The maximum absolute atomic E-state index is 12.1. The van der Waals surface area contributed by atoms with E-state index in [-0.39, 0.29) is 23.0 Å². The van der Waals surface area contributed by atoms with Gasteiger partial charge in [-0.15, -0.1) is 0 Å². The third-order valence-electron chi connectivity index (χ3n) is 3.25. The van der Waals surface area contributed by atoms with Crippen molar-refractivity contribution in [2.75, 3.05) is 17.2 Å². The van der Waals surface area contributed by atoms with E-state index < -0.39 is 21.6 Å². The number of benzene rings is 1. The van der Waals surface area contributed by atoms with E-state index in [9.17, 15) is 19.1 Å². The van der Waals surface area contributed by atoms with Gasteiger partial charge in [0.2, 0.25) is 0 Å². The van der Waals surface area contributed by atoms with Crippen molar-refractivity contribution < 1.29 is 13.9 Å². The van der Waals surface area contributed by atoms with E-state index >= 15 is 0 Å². The minimum absolute atomic E-state index is 0.0566. The Bertz CT molecular complexity index is 566. The fraction of sp³-hybridized carbons (Fsp3) is 0.417. The maximum Gasteiger partial charge on any atom is 0.292 e. The Labute approximate surface area is 118 Å². The predicted octanol–water partition coefficient (Wildman–Crippen LogP) is 0.818. The molecule has 8 heteroatoms. The predicted molar refractivity (Wildman–Crippen MR) is 75.9 cm³/mol. The van der Waals surface area contributed by atoms with Gasteiger partial charge in [-0.1, -0.05) is 6.07 Å². The van der Waals surface area contributed by atoms with Crippen molar-refractivity contribution in [2.45, 2.75) is 18.9 Å². The Morgan fingerprint density at radius 2 is 2.05 bits per heavy atom. The normalized spacial score (nSPS) is 22.2. The standard InChI is InChI=1S/C12H15N3O4S/c13-11-9(2-1-3-10(11)15(17)18)12(16)14-8-4-6-20(19)7-5-8/h1-3,8H,4-7,13H2,(H,14,16). The number of nitrogens with two attached hydrogens (primary N) is 1. The molecule has 1 aliphatic heterocycles. The highest BCUT2D eigenvalue weighted by Crippen LogP contribution is 2.25. The Hall–Kier alpha value is -1.96. The van der Waals surface area contributed by atoms with Crippen molar-refractivity contribution in [1.29, 1.82) is 0 Å². The monoisotopic (exact) mass is 297 g/mol.